The van der Waals surface area contributed by atoms with E-state index in [1.54, 1.807) is 5.82 Å². The molecule has 0 fully saturated rings. The van der Waals surface area contributed by atoms with Crippen molar-refractivity contribution in [3.05, 3.63) is 18.2 Å². The molecule has 1 heterocycles. The van der Waals surface area contributed by atoms with E-state index < -0.39 is 0 Å². The lowest BCUT2D eigenvalue weighted by Gasteiger charge is -2.06. The summed E-state index contributed by atoms with van der Waals surface area (Å²) in [5.41, 5.74) is 0. The highest BCUT2D eigenvalue weighted by molar-refractivity contribution is 4.84. The van der Waals surface area contributed by atoms with E-state index in [0.29, 0.717) is 0 Å². The zero-order valence-electron chi connectivity index (χ0n) is 25.3. The fraction of sp³-hybridized carbons (Fsp3) is 0.912. The average Bonchev–Trinajstić information content (AvgIpc) is 3.26. The van der Waals surface area contributed by atoms with Crippen molar-refractivity contribution in [2.45, 2.75) is 201 Å². The molecule has 0 N–H and O–H groups in total. The Hall–Kier alpha value is -0.790. The van der Waals surface area contributed by atoms with Crippen LogP contribution in [0.4, 0.5) is 0 Å². The first-order valence-electron chi connectivity index (χ1n) is 16.9. The third-order valence-electron chi connectivity index (χ3n) is 8.06. The Kier molecular flexibility index (Phi) is 23.9. The van der Waals surface area contributed by atoms with Crippen LogP contribution in [0.25, 0.3) is 0 Å². The van der Waals surface area contributed by atoms with Gasteiger partial charge in [-0.25, -0.2) is 9.13 Å². The highest BCUT2D eigenvalue weighted by atomic mass is 15.1. The summed E-state index contributed by atoms with van der Waals surface area (Å²) >= 11 is 0. The van der Waals surface area contributed by atoms with Crippen LogP contribution >= 0.6 is 0 Å². The topological polar surface area (TPSA) is 8.81 Å². The van der Waals surface area contributed by atoms with Gasteiger partial charge in [-0.1, -0.05) is 156 Å². The third kappa shape index (κ3) is 18.5. The van der Waals surface area contributed by atoms with Crippen molar-refractivity contribution in [1.82, 2.24) is 4.57 Å². The molecule has 212 valence electrons. The fourth-order valence-corrected chi connectivity index (χ4v) is 5.68. The average molecular weight is 504 g/mol. The normalized spacial score (nSPS) is 11.5. The lowest BCUT2D eigenvalue weighted by atomic mass is 10.0. The fourth-order valence-electron chi connectivity index (χ4n) is 5.68. The highest BCUT2D eigenvalue weighted by Gasteiger charge is 2.15. The predicted molar refractivity (Wildman–Crippen MR) is 161 cm³/mol. The predicted octanol–water partition coefficient (Wildman–Crippen LogP) is 11.1. The van der Waals surface area contributed by atoms with Crippen molar-refractivity contribution >= 4 is 0 Å². The van der Waals surface area contributed by atoms with Crippen LogP contribution in [0.3, 0.4) is 0 Å². The molecule has 0 aromatic carbocycles. The molecule has 0 atom stereocenters. The Morgan fingerprint density at radius 2 is 0.861 bits per heavy atom. The molecule has 1 aromatic rings. The van der Waals surface area contributed by atoms with Gasteiger partial charge in [-0.2, -0.15) is 0 Å². The molecule has 0 saturated heterocycles. The van der Waals surface area contributed by atoms with Gasteiger partial charge in [0.2, 0.25) is 0 Å². The first-order valence-corrected chi connectivity index (χ1v) is 16.9. The van der Waals surface area contributed by atoms with E-state index in [1.807, 2.05) is 0 Å². The van der Waals surface area contributed by atoms with Crippen molar-refractivity contribution in [1.29, 1.82) is 0 Å². The number of unbranched alkanes of at least 4 members (excludes halogenated alkanes) is 22. The number of nitrogens with zero attached hydrogens (tertiary/aromatic N) is 2. The molecule has 2 nitrogen and oxygen atoms in total. The van der Waals surface area contributed by atoms with Gasteiger partial charge in [0.1, 0.15) is 12.4 Å². The molecular weight excluding hydrogens is 436 g/mol. The summed E-state index contributed by atoms with van der Waals surface area (Å²) in [4.78, 5) is 0. The van der Waals surface area contributed by atoms with E-state index in [9.17, 15) is 0 Å². The van der Waals surface area contributed by atoms with Crippen LogP contribution in [0.15, 0.2) is 12.4 Å². The second kappa shape index (κ2) is 25.8. The molecular formula is C34H67N2+. The van der Waals surface area contributed by atoms with Crippen molar-refractivity contribution < 1.29 is 4.57 Å². The van der Waals surface area contributed by atoms with Gasteiger partial charge < -0.3 is 0 Å². The molecule has 0 aliphatic heterocycles. The summed E-state index contributed by atoms with van der Waals surface area (Å²) in [5, 5.41) is 0. The third-order valence-corrected chi connectivity index (χ3v) is 8.06. The van der Waals surface area contributed by atoms with Gasteiger partial charge in [0.05, 0.1) is 13.1 Å². The minimum Gasteiger partial charge on any atom is -0.234 e. The van der Waals surface area contributed by atoms with E-state index >= 15 is 0 Å². The quantitative estimate of drug-likeness (QED) is 0.0794. The molecule has 0 amide bonds. The Balaban J connectivity index is 2.06. The molecule has 0 saturated carbocycles. The summed E-state index contributed by atoms with van der Waals surface area (Å²) in [6, 6.07) is 0. The van der Waals surface area contributed by atoms with Crippen LogP contribution in [-0.4, -0.2) is 4.57 Å². The maximum atomic E-state index is 2.59. The van der Waals surface area contributed by atoms with Gasteiger partial charge in [0.25, 0.3) is 5.82 Å². The molecule has 0 spiro atoms. The summed E-state index contributed by atoms with van der Waals surface area (Å²) < 4.78 is 5.12. The second-order valence-electron chi connectivity index (χ2n) is 11.6. The van der Waals surface area contributed by atoms with Gasteiger partial charge in [-0.05, 0) is 25.7 Å². The SMILES string of the molecule is CCCCCCCCCCCCCCCCC[n+]1ccn(CCC)c1CCCCCCCCCCC. The zero-order chi connectivity index (χ0) is 25.9. The van der Waals surface area contributed by atoms with Crippen LogP contribution in [-0.2, 0) is 19.5 Å². The smallest absolute Gasteiger partial charge is 0.234 e. The lowest BCUT2D eigenvalue weighted by Crippen LogP contribution is -2.37. The minimum absolute atomic E-state index is 1.18. The van der Waals surface area contributed by atoms with Crippen molar-refractivity contribution in [3.8, 4) is 0 Å². The molecule has 0 aliphatic rings. The molecule has 2 heteroatoms. The number of aromatic nitrogens is 2. The van der Waals surface area contributed by atoms with E-state index in [2.05, 4.69) is 42.3 Å². The number of hydrogen-bond acceptors (Lipinski definition) is 0. The van der Waals surface area contributed by atoms with Gasteiger partial charge >= 0.3 is 0 Å². The van der Waals surface area contributed by atoms with E-state index in [1.165, 1.54) is 180 Å². The van der Waals surface area contributed by atoms with Gasteiger partial charge in [-0.3, -0.25) is 0 Å². The Morgan fingerprint density at radius 3 is 1.28 bits per heavy atom. The number of imidazole rings is 1. The largest absolute Gasteiger partial charge is 0.256 e. The first kappa shape index (κ1) is 33.2. The van der Waals surface area contributed by atoms with Gasteiger partial charge in [0.15, 0.2) is 0 Å². The van der Waals surface area contributed by atoms with Crippen LogP contribution in [0.1, 0.15) is 187 Å². The monoisotopic (exact) mass is 504 g/mol. The molecule has 1 aromatic heterocycles. The van der Waals surface area contributed by atoms with E-state index in [0.717, 1.165) is 0 Å². The van der Waals surface area contributed by atoms with Crippen LogP contribution in [0.5, 0.6) is 0 Å². The second-order valence-corrected chi connectivity index (χ2v) is 11.6. The Bertz CT molecular complexity index is 562. The van der Waals surface area contributed by atoms with Gasteiger partial charge in [-0.15, -0.1) is 0 Å². The number of rotatable bonds is 28. The van der Waals surface area contributed by atoms with Crippen molar-refractivity contribution in [2.24, 2.45) is 0 Å². The maximum Gasteiger partial charge on any atom is 0.256 e. The summed E-state index contributed by atoms with van der Waals surface area (Å²) in [7, 11) is 0. The first-order chi connectivity index (χ1) is 17.8. The highest BCUT2D eigenvalue weighted by Crippen LogP contribution is 2.14. The molecule has 0 aliphatic carbocycles. The summed E-state index contributed by atoms with van der Waals surface area (Å²) in [5.74, 6) is 1.59. The molecule has 1 rings (SSSR count). The van der Waals surface area contributed by atoms with Crippen LogP contribution in [0, 0.1) is 0 Å². The molecule has 0 unspecified atom stereocenters. The van der Waals surface area contributed by atoms with E-state index in [-0.39, 0.29) is 0 Å². The Labute approximate surface area is 228 Å². The van der Waals surface area contributed by atoms with Gasteiger partial charge in [0, 0.05) is 6.42 Å². The zero-order valence-corrected chi connectivity index (χ0v) is 25.3. The van der Waals surface area contributed by atoms with E-state index in [4.69, 9.17) is 0 Å². The summed E-state index contributed by atoms with van der Waals surface area (Å²) in [6.45, 7) is 9.32. The van der Waals surface area contributed by atoms with Crippen molar-refractivity contribution in [3.63, 3.8) is 0 Å². The standard InChI is InChI=1S/C34H67N2/c1-4-7-9-11-13-15-16-17-18-19-20-22-24-26-28-31-36-33-32-35(30-6-3)34(36)29-27-25-23-21-14-12-10-8-5-2/h32-33H,4-31H2,1-3H3/q+1. The minimum atomic E-state index is 1.18. The number of aryl methyl sites for hydroxylation is 2. The number of hydrogen-bond donors (Lipinski definition) is 0. The molecule has 0 radical (unpaired) electrons. The maximum absolute atomic E-state index is 2.59. The molecule has 36 heavy (non-hydrogen) atoms. The Morgan fingerprint density at radius 1 is 0.472 bits per heavy atom. The summed E-state index contributed by atoms with van der Waals surface area (Å²) in [6.07, 6.45) is 41.6. The van der Waals surface area contributed by atoms with Crippen molar-refractivity contribution in [2.75, 3.05) is 0 Å². The molecule has 0 bridgehead atoms. The van der Waals surface area contributed by atoms with Crippen LogP contribution < -0.4 is 4.57 Å². The van der Waals surface area contributed by atoms with Crippen LogP contribution in [0.2, 0.25) is 0 Å². The lowest BCUT2D eigenvalue weighted by molar-refractivity contribution is -0.704.